The quantitative estimate of drug-likeness (QED) is 0.660. The lowest BCUT2D eigenvalue weighted by molar-refractivity contribution is -0.117. The van der Waals surface area contributed by atoms with Gasteiger partial charge >= 0.3 is 0 Å². The van der Waals surface area contributed by atoms with E-state index in [4.69, 9.17) is 11.6 Å². The predicted molar refractivity (Wildman–Crippen MR) is 75.9 cm³/mol. The number of halogens is 1. The Balaban J connectivity index is 2.33. The van der Waals surface area contributed by atoms with Gasteiger partial charge in [-0.1, -0.05) is 44.4 Å². The first kappa shape index (κ1) is 14.6. The van der Waals surface area contributed by atoms with Crippen molar-refractivity contribution in [2.24, 2.45) is 5.92 Å². The minimum absolute atomic E-state index is 0.330. The van der Waals surface area contributed by atoms with Crippen molar-refractivity contribution in [2.45, 2.75) is 38.0 Å². The fourth-order valence-corrected chi connectivity index (χ4v) is 2.85. The maximum atomic E-state index is 11.7. The van der Waals surface area contributed by atoms with Crippen molar-refractivity contribution >= 4 is 29.1 Å². The summed E-state index contributed by atoms with van der Waals surface area (Å²) in [6, 6.07) is 7.64. The minimum atomic E-state index is 0.330. The zero-order chi connectivity index (χ0) is 12.7. The van der Waals surface area contributed by atoms with E-state index in [-0.39, 0.29) is 0 Å². The molecule has 0 aliphatic rings. The van der Waals surface area contributed by atoms with Crippen molar-refractivity contribution in [1.82, 2.24) is 0 Å². The van der Waals surface area contributed by atoms with Crippen LogP contribution in [0.2, 0.25) is 5.02 Å². The summed E-state index contributed by atoms with van der Waals surface area (Å²) < 4.78 is 0. The van der Waals surface area contributed by atoms with Crippen molar-refractivity contribution < 1.29 is 4.79 Å². The molecule has 0 N–H and O–H groups in total. The van der Waals surface area contributed by atoms with Crippen LogP contribution in [-0.2, 0) is 4.79 Å². The molecule has 1 nitrogen and oxygen atoms in total. The average molecular weight is 271 g/mol. The highest BCUT2D eigenvalue weighted by Gasteiger charge is 2.09. The van der Waals surface area contributed by atoms with Crippen LogP contribution in [0.25, 0.3) is 0 Å². The van der Waals surface area contributed by atoms with E-state index in [2.05, 4.69) is 13.8 Å². The van der Waals surface area contributed by atoms with Gasteiger partial charge < -0.3 is 0 Å². The Morgan fingerprint density at radius 2 is 2.24 bits per heavy atom. The highest BCUT2D eigenvalue weighted by Crippen LogP contribution is 2.22. The fraction of sp³-hybridized carbons (Fsp3) is 0.500. The molecule has 3 heteroatoms. The lowest BCUT2D eigenvalue weighted by Gasteiger charge is -2.08. The van der Waals surface area contributed by atoms with Gasteiger partial charge in [-0.2, -0.15) is 0 Å². The largest absolute Gasteiger partial charge is 0.299 e. The summed E-state index contributed by atoms with van der Waals surface area (Å²) >= 11 is 7.46. The summed E-state index contributed by atoms with van der Waals surface area (Å²) in [6.45, 7) is 4.30. The second-order valence-electron chi connectivity index (χ2n) is 4.38. The van der Waals surface area contributed by atoms with Gasteiger partial charge in [0.1, 0.15) is 5.78 Å². The smallest absolute Gasteiger partial charge is 0.143 e. The number of Topliss-reactive ketones (excluding diaryl/α,β-unsaturated/α-hetero) is 1. The van der Waals surface area contributed by atoms with Gasteiger partial charge in [0.15, 0.2) is 0 Å². The highest BCUT2D eigenvalue weighted by atomic mass is 35.5. The lowest BCUT2D eigenvalue weighted by atomic mass is 10.0. The molecule has 0 amide bonds. The van der Waals surface area contributed by atoms with Gasteiger partial charge in [0.05, 0.1) is 5.75 Å². The zero-order valence-corrected chi connectivity index (χ0v) is 12.0. The zero-order valence-electron chi connectivity index (χ0n) is 10.4. The average Bonchev–Trinajstić information content (AvgIpc) is 2.27. The molecule has 1 aromatic rings. The summed E-state index contributed by atoms with van der Waals surface area (Å²) in [5, 5.41) is 0.724. The van der Waals surface area contributed by atoms with Gasteiger partial charge in [0.2, 0.25) is 0 Å². The molecule has 0 aliphatic carbocycles. The summed E-state index contributed by atoms with van der Waals surface area (Å²) in [4.78, 5) is 12.8. The van der Waals surface area contributed by atoms with Gasteiger partial charge in [-0.3, -0.25) is 4.79 Å². The van der Waals surface area contributed by atoms with Gasteiger partial charge in [0, 0.05) is 16.3 Å². The number of carbonyl (C=O) groups excluding carboxylic acids is 1. The van der Waals surface area contributed by atoms with Crippen LogP contribution in [0.1, 0.15) is 33.1 Å². The lowest BCUT2D eigenvalue weighted by Crippen LogP contribution is -2.07. The fourth-order valence-electron chi connectivity index (χ4n) is 1.76. The summed E-state index contributed by atoms with van der Waals surface area (Å²) in [5.41, 5.74) is 0. The van der Waals surface area contributed by atoms with Gasteiger partial charge in [-0.05, 0) is 24.1 Å². The maximum Gasteiger partial charge on any atom is 0.143 e. The maximum absolute atomic E-state index is 11.7. The molecule has 1 atom stereocenters. The number of carbonyl (C=O) groups is 1. The predicted octanol–water partition coefficient (Wildman–Crippen LogP) is 4.83. The topological polar surface area (TPSA) is 17.1 Å². The molecule has 17 heavy (non-hydrogen) atoms. The Morgan fingerprint density at radius 3 is 2.88 bits per heavy atom. The van der Waals surface area contributed by atoms with E-state index in [0.29, 0.717) is 23.9 Å². The monoisotopic (exact) mass is 270 g/mol. The molecule has 0 aliphatic heterocycles. The number of hydrogen-bond donors (Lipinski definition) is 0. The highest BCUT2D eigenvalue weighted by molar-refractivity contribution is 8.00. The molecule has 0 heterocycles. The van der Waals surface area contributed by atoms with Crippen LogP contribution < -0.4 is 0 Å². The van der Waals surface area contributed by atoms with Gasteiger partial charge in [-0.15, -0.1) is 11.8 Å². The molecule has 1 rings (SSSR count). The molecular weight excluding hydrogens is 252 g/mol. The molecule has 1 unspecified atom stereocenters. The standard InChI is InChI=1S/C14H19ClOS/c1-3-5-11(2)8-13(16)10-17-14-7-4-6-12(15)9-14/h4,6-7,9,11H,3,5,8,10H2,1-2H3. The van der Waals surface area contributed by atoms with Gasteiger partial charge in [-0.25, -0.2) is 0 Å². The number of thioether (sulfide) groups is 1. The first-order valence-electron chi connectivity index (χ1n) is 6.02. The SMILES string of the molecule is CCCC(C)CC(=O)CSc1cccc(Cl)c1. The van der Waals surface area contributed by atoms with Crippen LogP contribution in [0.3, 0.4) is 0 Å². The first-order chi connectivity index (χ1) is 8.11. The van der Waals surface area contributed by atoms with E-state index < -0.39 is 0 Å². The third-order valence-electron chi connectivity index (χ3n) is 2.55. The molecule has 0 bridgehead atoms. The van der Waals surface area contributed by atoms with Crippen LogP contribution in [0.4, 0.5) is 0 Å². The van der Waals surface area contributed by atoms with Crippen molar-refractivity contribution in [2.75, 3.05) is 5.75 Å². The minimum Gasteiger partial charge on any atom is -0.299 e. The van der Waals surface area contributed by atoms with Crippen LogP contribution in [0.5, 0.6) is 0 Å². The molecular formula is C14H19ClOS. The molecule has 0 saturated heterocycles. The Labute approximate surface area is 113 Å². The molecule has 0 fully saturated rings. The normalized spacial score (nSPS) is 12.4. The summed E-state index contributed by atoms with van der Waals surface area (Å²) in [7, 11) is 0. The van der Waals surface area contributed by atoms with E-state index in [9.17, 15) is 4.79 Å². The van der Waals surface area contributed by atoms with Gasteiger partial charge in [0.25, 0.3) is 0 Å². The van der Waals surface area contributed by atoms with E-state index in [1.807, 2.05) is 24.3 Å². The van der Waals surface area contributed by atoms with Crippen molar-refractivity contribution in [3.05, 3.63) is 29.3 Å². The van der Waals surface area contributed by atoms with Crippen molar-refractivity contribution in [3.8, 4) is 0 Å². The van der Waals surface area contributed by atoms with Crippen LogP contribution >= 0.6 is 23.4 Å². The second kappa shape index (κ2) is 7.78. The molecule has 94 valence electrons. The Hall–Kier alpha value is -0.470. The molecule has 0 radical (unpaired) electrons. The number of rotatable bonds is 7. The Bertz CT molecular complexity index is 365. The van der Waals surface area contributed by atoms with E-state index in [0.717, 1.165) is 22.8 Å². The number of ketones is 1. The van der Waals surface area contributed by atoms with E-state index in [1.54, 1.807) is 11.8 Å². The number of benzene rings is 1. The van der Waals surface area contributed by atoms with E-state index >= 15 is 0 Å². The molecule has 0 aromatic heterocycles. The molecule has 0 saturated carbocycles. The Morgan fingerprint density at radius 1 is 1.47 bits per heavy atom. The van der Waals surface area contributed by atoms with Crippen LogP contribution in [-0.4, -0.2) is 11.5 Å². The summed E-state index contributed by atoms with van der Waals surface area (Å²) in [5.74, 6) is 1.39. The van der Waals surface area contributed by atoms with Crippen LogP contribution in [0, 0.1) is 5.92 Å². The molecule has 1 aromatic carbocycles. The van der Waals surface area contributed by atoms with Crippen molar-refractivity contribution in [1.29, 1.82) is 0 Å². The number of hydrogen-bond acceptors (Lipinski definition) is 2. The Kier molecular flexibility index (Phi) is 6.68. The van der Waals surface area contributed by atoms with E-state index in [1.165, 1.54) is 0 Å². The van der Waals surface area contributed by atoms with Crippen LogP contribution in [0.15, 0.2) is 29.2 Å². The third kappa shape index (κ3) is 6.13. The second-order valence-corrected chi connectivity index (χ2v) is 5.87. The van der Waals surface area contributed by atoms with Crippen molar-refractivity contribution in [3.63, 3.8) is 0 Å². The molecule has 0 spiro atoms. The first-order valence-corrected chi connectivity index (χ1v) is 7.38. The summed E-state index contributed by atoms with van der Waals surface area (Å²) in [6.07, 6.45) is 2.98. The third-order valence-corrected chi connectivity index (χ3v) is 3.84.